The van der Waals surface area contributed by atoms with Gasteiger partial charge in [-0.2, -0.15) is 0 Å². The highest BCUT2D eigenvalue weighted by molar-refractivity contribution is 6.27. The number of carbonyl (C=O) groups is 4. The van der Waals surface area contributed by atoms with Crippen LogP contribution in [0.2, 0.25) is 0 Å². The van der Waals surface area contributed by atoms with Gasteiger partial charge >= 0.3 is 17.9 Å². The zero-order valence-corrected chi connectivity index (χ0v) is 18.0. The zero-order chi connectivity index (χ0) is 23.4. The van der Waals surface area contributed by atoms with Crippen LogP contribution in [0.4, 0.5) is 5.69 Å². The molecule has 0 radical (unpaired) electrons. The van der Waals surface area contributed by atoms with Gasteiger partial charge in [0.2, 0.25) is 5.91 Å². The van der Waals surface area contributed by atoms with Crippen LogP contribution in [-0.4, -0.2) is 70.7 Å². The first kappa shape index (κ1) is 25.8. The first-order chi connectivity index (χ1) is 14.7. The predicted octanol–water partition coefficient (Wildman–Crippen LogP) is 2.17. The van der Waals surface area contributed by atoms with Gasteiger partial charge in [-0.3, -0.25) is 14.6 Å². The molecule has 9 nitrogen and oxygen atoms in total. The Hall–Kier alpha value is -3.20. The highest BCUT2D eigenvalue weighted by Crippen LogP contribution is 2.35. The Morgan fingerprint density at radius 3 is 2.06 bits per heavy atom. The maximum atomic E-state index is 13.0. The minimum absolute atomic E-state index is 0.0589. The number of piperidine rings is 1. The Kier molecular flexibility index (Phi) is 10.4. The van der Waals surface area contributed by atoms with Gasteiger partial charge in [-0.25, -0.2) is 14.4 Å². The molecule has 1 saturated heterocycles. The lowest BCUT2D eigenvalue weighted by Gasteiger charge is -2.46. The van der Waals surface area contributed by atoms with Crippen molar-refractivity contribution in [1.82, 2.24) is 4.90 Å². The summed E-state index contributed by atoms with van der Waals surface area (Å²) in [5, 5.41) is 14.8. The van der Waals surface area contributed by atoms with E-state index >= 15 is 0 Å². The van der Waals surface area contributed by atoms with E-state index in [1.54, 1.807) is 11.8 Å². The van der Waals surface area contributed by atoms with Crippen LogP contribution in [0.25, 0.3) is 0 Å². The summed E-state index contributed by atoms with van der Waals surface area (Å²) >= 11 is 0. The second-order valence-electron chi connectivity index (χ2n) is 6.87. The standard InChI is InChI=1S/C20H28N2O3.C2H2O4/c1-4-14-21-15-12-20(13-16-21,19(24)25-6-3)22(18(23)5-2)17-10-8-7-9-11-17;3-1(4)2(5)6/h4,7-11H,1,5-6,12-16H2,2-3H3;(H,3,4)(H,5,6). The van der Waals surface area contributed by atoms with Gasteiger partial charge < -0.3 is 14.9 Å². The number of likely N-dealkylation sites (tertiary alicyclic amines) is 1. The molecule has 0 unspecified atom stereocenters. The molecule has 2 N–H and O–H groups in total. The maximum absolute atomic E-state index is 13.0. The molecule has 2 rings (SSSR count). The first-order valence-corrected chi connectivity index (χ1v) is 10.1. The largest absolute Gasteiger partial charge is 0.473 e. The number of anilines is 1. The molecule has 0 aliphatic carbocycles. The molecule has 0 aromatic heterocycles. The molecule has 0 saturated carbocycles. The van der Waals surface area contributed by atoms with Crippen LogP contribution in [0.15, 0.2) is 43.0 Å². The van der Waals surface area contributed by atoms with Crippen LogP contribution in [0.3, 0.4) is 0 Å². The minimum atomic E-state index is -1.82. The van der Waals surface area contributed by atoms with E-state index in [2.05, 4.69) is 11.5 Å². The third-order valence-corrected chi connectivity index (χ3v) is 4.90. The van der Waals surface area contributed by atoms with Gasteiger partial charge in [0, 0.05) is 31.7 Å². The molecule has 1 fully saturated rings. The molecular weight excluding hydrogens is 404 g/mol. The lowest BCUT2D eigenvalue weighted by molar-refractivity contribution is -0.159. The average molecular weight is 434 g/mol. The van der Waals surface area contributed by atoms with E-state index < -0.39 is 17.5 Å². The molecule has 1 aromatic rings. The number of para-hydroxylation sites is 1. The number of hydrogen-bond donors (Lipinski definition) is 2. The molecule has 1 aliphatic heterocycles. The lowest BCUT2D eigenvalue weighted by atomic mass is 9.84. The fourth-order valence-electron chi connectivity index (χ4n) is 3.44. The summed E-state index contributed by atoms with van der Waals surface area (Å²) in [5.41, 5.74) is -0.193. The number of amides is 1. The Balaban J connectivity index is 0.000000703. The minimum Gasteiger partial charge on any atom is -0.473 e. The van der Waals surface area contributed by atoms with Crippen LogP contribution in [0.5, 0.6) is 0 Å². The number of rotatable bonds is 7. The summed E-state index contributed by atoms with van der Waals surface area (Å²) in [6.45, 7) is 9.95. The van der Waals surface area contributed by atoms with E-state index in [-0.39, 0.29) is 11.9 Å². The maximum Gasteiger partial charge on any atom is 0.414 e. The molecule has 1 heterocycles. The van der Waals surface area contributed by atoms with Crippen molar-refractivity contribution in [3.63, 3.8) is 0 Å². The SMILES string of the molecule is C=CCN1CCC(C(=O)OCC)(N(C(=O)CC)c2ccccc2)CC1.O=C(O)C(=O)O. The van der Waals surface area contributed by atoms with Crippen molar-refractivity contribution in [2.24, 2.45) is 0 Å². The van der Waals surface area contributed by atoms with Crippen molar-refractivity contribution >= 4 is 29.5 Å². The van der Waals surface area contributed by atoms with E-state index in [9.17, 15) is 9.59 Å². The van der Waals surface area contributed by atoms with Gasteiger partial charge in [0.1, 0.15) is 5.54 Å². The third-order valence-electron chi connectivity index (χ3n) is 4.90. The summed E-state index contributed by atoms with van der Waals surface area (Å²) in [4.78, 5) is 47.9. The lowest BCUT2D eigenvalue weighted by Crippen LogP contribution is -2.62. The average Bonchev–Trinajstić information content (AvgIpc) is 2.76. The summed E-state index contributed by atoms with van der Waals surface area (Å²) in [7, 11) is 0. The molecule has 1 aromatic carbocycles. The summed E-state index contributed by atoms with van der Waals surface area (Å²) < 4.78 is 5.41. The van der Waals surface area contributed by atoms with Crippen molar-refractivity contribution in [2.75, 3.05) is 31.1 Å². The van der Waals surface area contributed by atoms with Crippen LogP contribution in [0.1, 0.15) is 33.1 Å². The number of carbonyl (C=O) groups excluding carboxylic acids is 2. The number of aliphatic carboxylic acids is 2. The third kappa shape index (κ3) is 6.92. The molecule has 1 aliphatic rings. The normalized spacial score (nSPS) is 15.0. The smallest absolute Gasteiger partial charge is 0.414 e. The zero-order valence-electron chi connectivity index (χ0n) is 18.0. The summed E-state index contributed by atoms with van der Waals surface area (Å²) in [5.74, 6) is -4.01. The number of benzene rings is 1. The number of carboxylic acid groups (broad SMARTS) is 2. The Morgan fingerprint density at radius 2 is 1.65 bits per heavy atom. The van der Waals surface area contributed by atoms with Gasteiger partial charge in [-0.1, -0.05) is 31.2 Å². The van der Waals surface area contributed by atoms with E-state index in [4.69, 9.17) is 24.5 Å². The van der Waals surface area contributed by atoms with E-state index in [0.29, 0.717) is 25.9 Å². The van der Waals surface area contributed by atoms with Crippen LogP contribution < -0.4 is 4.90 Å². The molecule has 0 atom stereocenters. The fraction of sp³-hybridized carbons (Fsp3) is 0.455. The van der Waals surface area contributed by atoms with Crippen molar-refractivity contribution < 1.29 is 34.1 Å². The van der Waals surface area contributed by atoms with Gasteiger partial charge in [-0.05, 0) is 31.9 Å². The van der Waals surface area contributed by atoms with Crippen LogP contribution in [0, 0.1) is 0 Å². The van der Waals surface area contributed by atoms with Crippen LogP contribution >= 0.6 is 0 Å². The molecule has 170 valence electrons. The summed E-state index contributed by atoms with van der Waals surface area (Å²) in [6.07, 6.45) is 3.32. The van der Waals surface area contributed by atoms with Gasteiger partial charge in [-0.15, -0.1) is 6.58 Å². The van der Waals surface area contributed by atoms with Crippen molar-refractivity contribution in [3.8, 4) is 0 Å². The van der Waals surface area contributed by atoms with Gasteiger partial charge in [0.15, 0.2) is 0 Å². The molecule has 9 heteroatoms. The quantitative estimate of drug-likeness (QED) is 0.380. The summed E-state index contributed by atoms with van der Waals surface area (Å²) in [6, 6.07) is 9.44. The Labute approximate surface area is 181 Å². The Morgan fingerprint density at radius 1 is 1.10 bits per heavy atom. The van der Waals surface area contributed by atoms with Crippen molar-refractivity contribution in [1.29, 1.82) is 0 Å². The molecule has 0 bridgehead atoms. The molecule has 31 heavy (non-hydrogen) atoms. The number of nitrogens with zero attached hydrogens (tertiary/aromatic N) is 2. The van der Waals surface area contributed by atoms with E-state index in [1.165, 1.54) is 0 Å². The number of esters is 1. The second-order valence-corrected chi connectivity index (χ2v) is 6.87. The first-order valence-electron chi connectivity index (χ1n) is 10.1. The van der Waals surface area contributed by atoms with Gasteiger partial charge in [0.25, 0.3) is 0 Å². The topological polar surface area (TPSA) is 124 Å². The number of hydrogen-bond acceptors (Lipinski definition) is 6. The highest BCUT2D eigenvalue weighted by Gasteiger charge is 2.49. The second kappa shape index (κ2) is 12.5. The molecule has 1 amide bonds. The molecule has 0 spiro atoms. The van der Waals surface area contributed by atoms with Crippen LogP contribution in [-0.2, 0) is 23.9 Å². The monoisotopic (exact) mass is 434 g/mol. The van der Waals surface area contributed by atoms with Gasteiger partial charge in [0.05, 0.1) is 6.61 Å². The van der Waals surface area contributed by atoms with Crippen molar-refractivity contribution in [2.45, 2.75) is 38.6 Å². The fourth-order valence-corrected chi connectivity index (χ4v) is 3.44. The van der Waals surface area contributed by atoms with Crippen molar-refractivity contribution in [3.05, 3.63) is 43.0 Å². The highest BCUT2D eigenvalue weighted by atomic mass is 16.5. The van der Waals surface area contributed by atoms with E-state index in [1.807, 2.05) is 43.3 Å². The van der Waals surface area contributed by atoms with E-state index in [0.717, 1.165) is 25.3 Å². The number of ether oxygens (including phenoxy) is 1. The molecular formula is C22H30N2O7. The predicted molar refractivity (Wildman–Crippen MR) is 115 cm³/mol. The Bertz CT molecular complexity index is 759. The number of carboxylic acids is 2.